The van der Waals surface area contributed by atoms with Crippen LogP contribution in [0.25, 0.3) is 0 Å². The molecule has 0 heterocycles. The maximum atomic E-state index is 13.9. The molecule has 13 heteroatoms. The van der Waals surface area contributed by atoms with Gasteiger partial charge < -0.3 is 41.7 Å². The SMILES string of the molecule is CNCC(=O)Nc1cc(N(C)C)c2c(c1O)C(=O)C1=C(O)[C@]3(O)C(=O)C(C(N)=O)=C(O)[C@@H](N(C)C)C3CC1C2. The van der Waals surface area contributed by atoms with Gasteiger partial charge in [-0.1, -0.05) is 0 Å². The van der Waals surface area contributed by atoms with E-state index in [0.717, 1.165) is 0 Å². The Labute approximate surface area is 224 Å². The highest BCUT2D eigenvalue weighted by atomic mass is 16.3. The fraction of sp³-hybridized carbons (Fsp3) is 0.462. The molecular formula is C26H33N5O8. The van der Waals surface area contributed by atoms with E-state index in [4.69, 9.17) is 5.73 Å². The van der Waals surface area contributed by atoms with Gasteiger partial charge in [-0.3, -0.25) is 24.1 Å². The van der Waals surface area contributed by atoms with E-state index in [1.807, 2.05) is 0 Å². The number of aliphatic hydroxyl groups excluding tert-OH is 2. The molecule has 4 rings (SSSR count). The smallest absolute Gasteiger partial charge is 0.255 e. The lowest BCUT2D eigenvalue weighted by Gasteiger charge is -2.50. The summed E-state index contributed by atoms with van der Waals surface area (Å²) in [6, 6.07) is 0.477. The summed E-state index contributed by atoms with van der Waals surface area (Å²) in [5.41, 5.74) is 2.30. The number of nitrogens with zero attached hydrogens (tertiary/aromatic N) is 2. The lowest BCUT2D eigenvalue weighted by molar-refractivity contribution is -0.148. The number of fused-ring (bicyclic) bond motifs is 3. The first kappa shape index (κ1) is 28.1. The van der Waals surface area contributed by atoms with Crippen molar-refractivity contribution >= 4 is 34.8 Å². The number of phenols is 1. The number of nitrogens with two attached hydrogens (primary N) is 1. The van der Waals surface area contributed by atoms with E-state index in [9.17, 15) is 39.6 Å². The zero-order valence-corrected chi connectivity index (χ0v) is 22.3. The molecule has 39 heavy (non-hydrogen) atoms. The number of carbonyl (C=O) groups is 4. The van der Waals surface area contributed by atoms with Crippen molar-refractivity contribution in [3.63, 3.8) is 0 Å². The zero-order valence-electron chi connectivity index (χ0n) is 22.3. The molecule has 0 bridgehead atoms. The number of nitrogens with one attached hydrogen (secondary N) is 2. The number of ketones is 2. The number of Topliss-reactive ketones (excluding diaryl/α,β-unsaturated/α-hetero) is 2. The van der Waals surface area contributed by atoms with Gasteiger partial charge in [-0.05, 0) is 51.5 Å². The van der Waals surface area contributed by atoms with Gasteiger partial charge in [0.05, 0.1) is 23.8 Å². The predicted molar refractivity (Wildman–Crippen MR) is 141 cm³/mol. The molecule has 1 aromatic carbocycles. The van der Waals surface area contributed by atoms with Crippen LogP contribution < -0.4 is 21.3 Å². The van der Waals surface area contributed by atoms with Crippen molar-refractivity contribution in [2.45, 2.75) is 24.5 Å². The first-order valence-electron chi connectivity index (χ1n) is 12.3. The molecule has 13 nitrogen and oxygen atoms in total. The lowest BCUT2D eigenvalue weighted by Crippen LogP contribution is -2.63. The quantitative estimate of drug-likeness (QED) is 0.177. The molecule has 0 saturated heterocycles. The fourth-order valence-electron chi connectivity index (χ4n) is 6.15. The number of hydrogen-bond donors (Lipinski definition) is 7. The van der Waals surface area contributed by atoms with E-state index < -0.39 is 69.7 Å². The second kappa shape index (κ2) is 9.67. The second-order valence-corrected chi connectivity index (χ2v) is 10.6. The average Bonchev–Trinajstić information content (AvgIpc) is 2.82. The predicted octanol–water partition coefficient (Wildman–Crippen LogP) is -0.655. The topological polar surface area (TPSA) is 206 Å². The monoisotopic (exact) mass is 543 g/mol. The Bertz CT molecular complexity index is 1360. The minimum absolute atomic E-state index is 0.0138. The third-order valence-corrected chi connectivity index (χ3v) is 7.79. The molecule has 0 aromatic heterocycles. The number of aliphatic hydroxyl groups is 3. The molecular weight excluding hydrogens is 510 g/mol. The molecule has 4 atom stereocenters. The molecule has 1 aromatic rings. The van der Waals surface area contributed by atoms with E-state index in [-0.39, 0.29) is 36.2 Å². The van der Waals surface area contributed by atoms with Crippen molar-refractivity contribution in [2.24, 2.45) is 17.6 Å². The number of rotatable bonds is 6. The number of anilines is 2. The molecule has 8 N–H and O–H groups in total. The van der Waals surface area contributed by atoms with Crippen LogP contribution in [0.1, 0.15) is 22.3 Å². The Morgan fingerprint density at radius 1 is 1.15 bits per heavy atom. The van der Waals surface area contributed by atoms with E-state index in [1.165, 1.54) is 4.90 Å². The van der Waals surface area contributed by atoms with Crippen LogP contribution in [0.4, 0.5) is 11.4 Å². The normalized spacial score (nSPS) is 26.3. The summed E-state index contributed by atoms with van der Waals surface area (Å²) in [7, 11) is 8.17. The maximum absolute atomic E-state index is 13.9. The average molecular weight is 544 g/mol. The van der Waals surface area contributed by atoms with E-state index >= 15 is 0 Å². The molecule has 0 aliphatic heterocycles. The highest BCUT2D eigenvalue weighted by Crippen LogP contribution is 2.53. The molecule has 3 aliphatic rings. The molecule has 0 saturated carbocycles. The third-order valence-electron chi connectivity index (χ3n) is 7.79. The third kappa shape index (κ3) is 4.04. The molecule has 2 amide bonds. The zero-order chi connectivity index (χ0) is 29.1. The van der Waals surface area contributed by atoms with Gasteiger partial charge in [0.25, 0.3) is 5.91 Å². The largest absolute Gasteiger partial charge is 0.510 e. The molecule has 0 radical (unpaired) electrons. The van der Waals surface area contributed by atoms with Gasteiger partial charge >= 0.3 is 0 Å². The summed E-state index contributed by atoms with van der Waals surface area (Å²) in [5.74, 6) is -7.78. The van der Waals surface area contributed by atoms with Crippen LogP contribution in [0, 0.1) is 11.8 Å². The Morgan fingerprint density at radius 3 is 2.33 bits per heavy atom. The maximum Gasteiger partial charge on any atom is 0.255 e. The van der Waals surface area contributed by atoms with Crippen LogP contribution in [0.3, 0.4) is 0 Å². The number of phenolic OH excluding ortho intramolecular Hbond substituents is 1. The van der Waals surface area contributed by atoms with Crippen LogP contribution in [0.5, 0.6) is 5.75 Å². The van der Waals surface area contributed by atoms with Crippen molar-refractivity contribution in [3.8, 4) is 5.75 Å². The van der Waals surface area contributed by atoms with Crippen LogP contribution in [-0.2, 0) is 20.8 Å². The van der Waals surface area contributed by atoms with E-state index in [2.05, 4.69) is 10.6 Å². The van der Waals surface area contributed by atoms with Gasteiger partial charge in [0.1, 0.15) is 17.1 Å². The Morgan fingerprint density at radius 2 is 1.79 bits per heavy atom. The van der Waals surface area contributed by atoms with Crippen LogP contribution in [0.15, 0.2) is 28.7 Å². The summed E-state index contributed by atoms with van der Waals surface area (Å²) in [4.78, 5) is 54.9. The van der Waals surface area contributed by atoms with Gasteiger partial charge in [-0.2, -0.15) is 0 Å². The van der Waals surface area contributed by atoms with Gasteiger partial charge in [0.2, 0.25) is 11.7 Å². The molecule has 0 spiro atoms. The number of hydrogen-bond acceptors (Lipinski definition) is 11. The van der Waals surface area contributed by atoms with Crippen molar-refractivity contribution in [2.75, 3.05) is 52.0 Å². The van der Waals surface area contributed by atoms with Gasteiger partial charge in [0, 0.05) is 31.3 Å². The Balaban J connectivity index is 1.95. The van der Waals surface area contributed by atoms with E-state index in [0.29, 0.717) is 11.3 Å². The highest BCUT2D eigenvalue weighted by Gasteiger charge is 2.63. The summed E-state index contributed by atoms with van der Waals surface area (Å²) in [5, 5.41) is 50.3. The number of aromatic hydroxyl groups is 1. The van der Waals surface area contributed by atoms with Crippen molar-refractivity contribution in [1.29, 1.82) is 0 Å². The van der Waals surface area contributed by atoms with Crippen LogP contribution in [0.2, 0.25) is 0 Å². The minimum atomic E-state index is -2.72. The summed E-state index contributed by atoms with van der Waals surface area (Å²) in [6.45, 7) is -0.0537. The highest BCUT2D eigenvalue weighted by molar-refractivity contribution is 6.25. The minimum Gasteiger partial charge on any atom is -0.510 e. The van der Waals surface area contributed by atoms with Crippen molar-refractivity contribution in [3.05, 3.63) is 39.9 Å². The van der Waals surface area contributed by atoms with Gasteiger partial charge in [-0.15, -0.1) is 0 Å². The molecule has 3 aliphatic carbocycles. The summed E-state index contributed by atoms with van der Waals surface area (Å²) in [6.07, 6.45) is 0.125. The standard InChI is InChI=1S/C26H33N5O8/c1-28-9-15(32)29-13-8-14(30(2)3)11-6-10-7-12-19(31(4)5)22(35)18(25(27)38)24(37)26(12,39)23(36)16(10)21(34)17(11)20(13)33/h8,10,12,19,28,33,35-36,39H,6-7,9H2,1-5H3,(H2,27,38)(H,29,32)/t10?,12?,19-,26-/m0/s1. The fourth-order valence-corrected chi connectivity index (χ4v) is 6.15. The number of amides is 2. The van der Waals surface area contributed by atoms with Crippen molar-refractivity contribution in [1.82, 2.24) is 10.2 Å². The number of benzene rings is 1. The Kier molecular flexibility index (Phi) is 6.96. The van der Waals surface area contributed by atoms with Crippen LogP contribution >= 0.6 is 0 Å². The summed E-state index contributed by atoms with van der Waals surface area (Å²) < 4.78 is 0. The first-order chi connectivity index (χ1) is 18.2. The number of primary amides is 1. The number of likely N-dealkylation sites (N-methyl/N-ethyl adjacent to an activating group) is 2. The molecule has 2 unspecified atom stereocenters. The number of carbonyl (C=O) groups excluding carboxylic acids is 4. The second-order valence-electron chi connectivity index (χ2n) is 10.6. The van der Waals surface area contributed by atoms with Crippen LogP contribution in [-0.4, -0.2) is 102 Å². The van der Waals surface area contributed by atoms with E-state index in [1.54, 1.807) is 46.2 Å². The first-order valence-corrected chi connectivity index (χ1v) is 12.3. The summed E-state index contributed by atoms with van der Waals surface area (Å²) >= 11 is 0. The molecule has 210 valence electrons. The van der Waals surface area contributed by atoms with Crippen molar-refractivity contribution < 1.29 is 39.6 Å². The molecule has 0 fully saturated rings. The van der Waals surface area contributed by atoms with Gasteiger partial charge in [0.15, 0.2) is 17.1 Å². The number of allylic oxidation sites excluding steroid dienone is 1. The Hall–Kier alpha value is -3.94. The lowest BCUT2D eigenvalue weighted by atomic mass is 9.58. The van der Waals surface area contributed by atoms with Gasteiger partial charge in [-0.25, -0.2) is 0 Å².